The van der Waals surface area contributed by atoms with Crippen molar-refractivity contribution in [2.45, 2.75) is 47.1 Å². The van der Waals surface area contributed by atoms with Gasteiger partial charge in [0, 0.05) is 11.2 Å². The van der Waals surface area contributed by atoms with Crippen LogP contribution in [0.1, 0.15) is 41.5 Å². The number of allylic oxidation sites excluding steroid dienone is 2. The Morgan fingerprint density at radius 1 is 1.08 bits per heavy atom. The first-order valence-corrected chi connectivity index (χ1v) is 4.35. The molecule has 0 bridgehead atoms. The average molecular weight is 167 g/mol. The fraction of sp³-hybridized carbons (Fsp3) is 0.636. The maximum Gasteiger partial charge on any atom is 0.0300 e. The first kappa shape index (κ1) is 11.3. The zero-order chi connectivity index (χ0) is 9.94. The summed E-state index contributed by atoms with van der Waals surface area (Å²) in [6.07, 6.45) is 0. The van der Waals surface area contributed by atoms with Gasteiger partial charge in [-0.15, -0.1) is 0 Å². The van der Waals surface area contributed by atoms with Crippen molar-refractivity contribution in [3.8, 4) is 0 Å². The van der Waals surface area contributed by atoms with Crippen molar-refractivity contribution in [1.29, 1.82) is 0 Å². The molecule has 0 aromatic carbocycles. The van der Waals surface area contributed by atoms with E-state index in [-0.39, 0.29) is 5.54 Å². The molecule has 0 aliphatic carbocycles. The van der Waals surface area contributed by atoms with Gasteiger partial charge in [0.2, 0.25) is 0 Å². The van der Waals surface area contributed by atoms with Crippen molar-refractivity contribution in [1.82, 2.24) is 5.32 Å². The molecule has 0 atom stereocenters. The van der Waals surface area contributed by atoms with Crippen LogP contribution in [0, 0.1) is 0 Å². The lowest BCUT2D eigenvalue weighted by Crippen LogP contribution is -2.35. The molecule has 0 fully saturated rings. The van der Waals surface area contributed by atoms with Crippen molar-refractivity contribution in [3.05, 3.63) is 23.4 Å². The lowest BCUT2D eigenvalue weighted by Gasteiger charge is -2.24. The molecule has 0 spiro atoms. The van der Waals surface area contributed by atoms with Crippen LogP contribution in [0.25, 0.3) is 0 Å². The molecule has 0 saturated heterocycles. The Morgan fingerprint density at radius 2 is 1.50 bits per heavy atom. The quantitative estimate of drug-likeness (QED) is 0.622. The van der Waals surface area contributed by atoms with E-state index in [1.165, 1.54) is 11.1 Å². The lowest BCUT2D eigenvalue weighted by molar-refractivity contribution is 0.477. The van der Waals surface area contributed by atoms with E-state index in [0.717, 1.165) is 5.70 Å². The van der Waals surface area contributed by atoms with Gasteiger partial charge in [-0.3, -0.25) is 0 Å². The van der Waals surface area contributed by atoms with Gasteiger partial charge in [0.15, 0.2) is 0 Å². The topological polar surface area (TPSA) is 12.0 Å². The van der Waals surface area contributed by atoms with E-state index >= 15 is 0 Å². The Morgan fingerprint density at radius 3 is 1.75 bits per heavy atom. The molecular formula is C11H21N. The molecule has 12 heavy (non-hydrogen) atoms. The van der Waals surface area contributed by atoms with E-state index in [0.29, 0.717) is 0 Å². The summed E-state index contributed by atoms with van der Waals surface area (Å²) in [5, 5.41) is 3.35. The molecule has 0 radical (unpaired) electrons. The largest absolute Gasteiger partial charge is 0.381 e. The monoisotopic (exact) mass is 167 g/mol. The van der Waals surface area contributed by atoms with Crippen LogP contribution in [-0.2, 0) is 0 Å². The molecule has 1 N–H and O–H groups in total. The number of nitrogens with one attached hydrogen (secondary N) is 1. The lowest BCUT2D eigenvalue weighted by atomic mass is 10.1. The van der Waals surface area contributed by atoms with Crippen LogP contribution in [-0.4, -0.2) is 5.54 Å². The van der Waals surface area contributed by atoms with Crippen molar-refractivity contribution in [2.75, 3.05) is 0 Å². The summed E-state index contributed by atoms with van der Waals surface area (Å²) in [7, 11) is 0. The van der Waals surface area contributed by atoms with Gasteiger partial charge in [-0.25, -0.2) is 0 Å². The fourth-order valence-electron chi connectivity index (χ4n) is 0.848. The van der Waals surface area contributed by atoms with Gasteiger partial charge < -0.3 is 5.32 Å². The van der Waals surface area contributed by atoms with Crippen molar-refractivity contribution in [2.24, 2.45) is 0 Å². The number of hydrogen-bond donors (Lipinski definition) is 1. The van der Waals surface area contributed by atoms with Gasteiger partial charge in [-0.2, -0.15) is 0 Å². The van der Waals surface area contributed by atoms with Crippen LogP contribution in [0.15, 0.2) is 23.4 Å². The Kier molecular flexibility index (Phi) is 3.56. The van der Waals surface area contributed by atoms with Crippen molar-refractivity contribution >= 4 is 0 Å². The first-order valence-electron chi connectivity index (χ1n) is 4.35. The molecular weight excluding hydrogens is 146 g/mol. The second-order valence-electron chi connectivity index (χ2n) is 4.48. The summed E-state index contributed by atoms with van der Waals surface area (Å²) >= 11 is 0. The summed E-state index contributed by atoms with van der Waals surface area (Å²) in [4.78, 5) is 0. The highest BCUT2D eigenvalue weighted by molar-refractivity contribution is 5.29. The van der Waals surface area contributed by atoms with Crippen LogP contribution in [0.3, 0.4) is 0 Å². The molecule has 0 saturated carbocycles. The van der Waals surface area contributed by atoms with E-state index < -0.39 is 0 Å². The third-order valence-electron chi connectivity index (χ3n) is 1.73. The molecule has 0 unspecified atom stereocenters. The second kappa shape index (κ2) is 3.79. The highest BCUT2D eigenvalue weighted by atomic mass is 15.0. The maximum atomic E-state index is 3.99. The van der Waals surface area contributed by atoms with Gasteiger partial charge in [-0.05, 0) is 47.1 Å². The van der Waals surface area contributed by atoms with E-state index in [9.17, 15) is 0 Å². The molecule has 0 amide bonds. The molecule has 0 aliphatic rings. The number of hydrogen-bond acceptors (Lipinski definition) is 1. The molecule has 0 aromatic heterocycles. The molecule has 0 rings (SSSR count). The van der Waals surface area contributed by atoms with Gasteiger partial charge in [-0.1, -0.05) is 12.2 Å². The average Bonchev–Trinajstić information content (AvgIpc) is 1.82. The van der Waals surface area contributed by atoms with E-state index in [1.807, 2.05) is 0 Å². The molecule has 0 aromatic rings. The molecule has 0 heterocycles. The maximum absolute atomic E-state index is 3.99. The standard InChI is InChI=1S/C11H21N/c1-8(2)9(3)10(4)12-11(5,6)7/h12H,4H2,1-3,5-7H3. The highest BCUT2D eigenvalue weighted by Crippen LogP contribution is 2.12. The third-order valence-corrected chi connectivity index (χ3v) is 1.73. The Labute approximate surface area is 76.6 Å². The van der Waals surface area contributed by atoms with Gasteiger partial charge >= 0.3 is 0 Å². The Hall–Kier alpha value is -0.720. The van der Waals surface area contributed by atoms with E-state index in [4.69, 9.17) is 0 Å². The van der Waals surface area contributed by atoms with Gasteiger partial charge in [0.1, 0.15) is 0 Å². The fourth-order valence-corrected chi connectivity index (χ4v) is 0.848. The normalized spacial score (nSPS) is 10.8. The molecule has 1 heteroatoms. The minimum atomic E-state index is 0.105. The first-order chi connectivity index (χ1) is 5.24. The van der Waals surface area contributed by atoms with Gasteiger partial charge in [0.05, 0.1) is 0 Å². The summed E-state index contributed by atoms with van der Waals surface area (Å²) in [6.45, 7) is 16.7. The van der Waals surface area contributed by atoms with Crippen LogP contribution in [0.5, 0.6) is 0 Å². The number of rotatable bonds is 2. The minimum Gasteiger partial charge on any atom is -0.381 e. The summed E-state index contributed by atoms with van der Waals surface area (Å²) in [5.74, 6) is 0. The summed E-state index contributed by atoms with van der Waals surface area (Å²) < 4.78 is 0. The second-order valence-corrected chi connectivity index (χ2v) is 4.48. The molecule has 1 nitrogen and oxygen atoms in total. The van der Waals surface area contributed by atoms with E-state index in [1.54, 1.807) is 0 Å². The van der Waals surface area contributed by atoms with Crippen LogP contribution in [0.2, 0.25) is 0 Å². The smallest absolute Gasteiger partial charge is 0.0300 e. The van der Waals surface area contributed by atoms with Crippen LogP contribution in [0.4, 0.5) is 0 Å². The third kappa shape index (κ3) is 4.22. The predicted octanol–water partition coefficient (Wildman–Crippen LogP) is 3.24. The van der Waals surface area contributed by atoms with Crippen LogP contribution < -0.4 is 5.32 Å². The highest BCUT2D eigenvalue weighted by Gasteiger charge is 2.10. The van der Waals surface area contributed by atoms with Crippen molar-refractivity contribution in [3.63, 3.8) is 0 Å². The zero-order valence-electron chi connectivity index (χ0n) is 9.21. The van der Waals surface area contributed by atoms with Gasteiger partial charge in [0.25, 0.3) is 0 Å². The molecule has 0 aliphatic heterocycles. The van der Waals surface area contributed by atoms with Crippen LogP contribution >= 0.6 is 0 Å². The SMILES string of the molecule is C=C(NC(C)(C)C)C(C)=C(C)C. The van der Waals surface area contributed by atoms with E-state index in [2.05, 4.69) is 53.4 Å². The summed E-state index contributed by atoms with van der Waals surface area (Å²) in [5.41, 5.74) is 3.71. The zero-order valence-corrected chi connectivity index (χ0v) is 9.21. The minimum absolute atomic E-state index is 0.105. The Balaban J connectivity index is 4.36. The molecule has 70 valence electrons. The van der Waals surface area contributed by atoms with Crippen molar-refractivity contribution < 1.29 is 0 Å². The predicted molar refractivity (Wildman–Crippen MR) is 56.1 cm³/mol. The Bertz CT molecular complexity index is 200. The summed E-state index contributed by atoms with van der Waals surface area (Å²) in [6, 6.07) is 0.